The maximum absolute atomic E-state index is 10.6. The van der Waals surface area contributed by atoms with E-state index in [2.05, 4.69) is 15.9 Å². The van der Waals surface area contributed by atoms with Crippen LogP contribution in [0.1, 0.15) is 20.7 Å². The first-order chi connectivity index (χ1) is 6.43. The van der Waals surface area contributed by atoms with E-state index >= 15 is 0 Å². The molecule has 1 aromatic carbocycles. The minimum atomic E-state index is -1.20. The SMILES string of the molecule is O=C(O)c1cc(Br)c(C(=O)O)cc1Cl. The first-order valence-electron chi connectivity index (χ1n) is 3.39. The van der Waals surface area contributed by atoms with Gasteiger partial charge in [-0.15, -0.1) is 0 Å². The largest absolute Gasteiger partial charge is 0.478 e. The molecule has 4 nitrogen and oxygen atoms in total. The average Bonchev–Trinajstić information content (AvgIpc) is 2.07. The molecule has 1 rings (SSSR count). The monoisotopic (exact) mass is 278 g/mol. The molecule has 0 unspecified atom stereocenters. The van der Waals surface area contributed by atoms with Gasteiger partial charge in [-0.2, -0.15) is 0 Å². The van der Waals surface area contributed by atoms with Gasteiger partial charge in [0.25, 0.3) is 0 Å². The second-order valence-electron chi connectivity index (χ2n) is 2.42. The third-order valence-electron chi connectivity index (χ3n) is 1.52. The molecule has 0 saturated heterocycles. The zero-order valence-corrected chi connectivity index (χ0v) is 8.96. The Morgan fingerprint density at radius 2 is 1.64 bits per heavy atom. The summed E-state index contributed by atoms with van der Waals surface area (Å²) in [6.45, 7) is 0. The summed E-state index contributed by atoms with van der Waals surface area (Å²) in [4.78, 5) is 21.2. The van der Waals surface area contributed by atoms with Crippen molar-refractivity contribution in [3.05, 3.63) is 32.8 Å². The standard InChI is InChI=1S/C8H4BrClO4/c9-5-1-4(8(13)14)6(10)2-3(5)7(11)12/h1-2H,(H,11,12)(H,13,14). The van der Waals surface area contributed by atoms with E-state index in [1.165, 1.54) is 0 Å². The summed E-state index contributed by atoms with van der Waals surface area (Å²) in [5, 5.41) is 17.3. The third kappa shape index (κ3) is 2.05. The molecule has 74 valence electrons. The van der Waals surface area contributed by atoms with E-state index in [1.54, 1.807) is 0 Å². The van der Waals surface area contributed by atoms with Crippen LogP contribution >= 0.6 is 27.5 Å². The van der Waals surface area contributed by atoms with Gasteiger partial charge in [-0.3, -0.25) is 0 Å². The lowest BCUT2D eigenvalue weighted by atomic mass is 10.1. The molecule has 2 N–H and O–H groups in total. The lowest BCUT2D eigenvalue weighted by molar-refractivity contribution is 0.0680. The Bertz CT molecular complexity index is 376. The molecule has 0 atom stereocenters. The number of benzene rings is 1. The maximum atomic E-state index is 10.6. The maximum Gasteiger partial charge on any atom is 0.337 e. The van der Waals surface area contributed by atoms with Gasteiger partial charge in [0.1, 0.15) is 0 Å². The fraction of sp³-hybridized carbons (Fsp3) is 0. The van der Waals surface area contributed by atoms with E-state index in [9.17, 15) is 9.59 Å². The van der Waals surface area contributed by atoms with E-state index < -0.39 is 11.9 Å². The van der Waals surface area contributed by atoms with Gasteiger partial charge >= 0.3 is 11.9 Å². The molecule has 0 bridgehead atoms. The molecule has 0 aliphatic rings. The molecule has 1 aromatic rings. The van der Waals surface area contributed by atoms with Crippen molar-refractivity contribution in [2.45, 2.75) is 0 Å². The fourth-order valence-electron chi connectivity index (χ4n) is 0.875. The lowest BCUT2D eigenvalue weighted by Gasteiger charge is -2.03. The Kier molecular flexibility index (Phi) is 3.13. The molecule has 6 heteroatoms. The summed E-state index contributed by atoms with van der Waals surface area (Å²) >= 11 is 8.52. The molecule has 0 saturated carbocycles. The highest BCUT2D eigenvalue weighted by Crippen LogP contribution is 2.25. The number of carbonyl (C=O) groups is 2. The van der Waals surface area contributed by atoms with Crippen molar-refractivity contribution in [1.29, 1.82) is 0 Å². The van der Waals surface area contributed by atoms with Crippen LogP contribution in [0.15, 0.2) is 16.6 Å². The zero-order valence-electron chi connectivity index (χ0n) is 6.62. The molecule has 0 radical (unpaired) electrons. The summed E-state index contributed by atoms with van der Waals surface area (Å²) in [6, 6.07) is 2.26. The summed E-state index contributed by atoms with van der Waals surface area (Å²) in [6.07, 6.45) is 0. The topological polar surface area (TPSA) is 74.6 Å². The molecule has 0 heterocycles. The van der Waals surface area contributed by atoms with E-state index in [-0.39, 0.29) is 20.6 Å². The molecule has 0 fully saturated rings. The van der Waals surface area contributed by atoms with E-state index in [4.69, 9.17) is 21.8 Å². The highest BCUT2D eigenvalue weighted by Gasteiger charge is 2.15. The van der Waals surface area contributed by atoms with Crippen molar-refractivity contribution in [2.75, 3.05) is 0 Å². The number of aromatic carboxylic acids is 2. The Morgan fingerprint density at radius 3 is 2.07 bits per heavy atom. The Labute approximate surface area is 92.2 Å². The first kappa shape index (κ1) is 11.0. The predicted octanol–water partition coefficient (Wildman–Crippen LogP) is 2.50. The first-order valence-corrected chi connectivity index (χ1v) is 4.56. The Morgan fingerprint density at radius 1 is 1.14 bits per heavy atom. The van der Waals surface area contributed by atoms with Crippen LogP contribution in [-0.2, 0) is 0 Å². The van der Waals surface area contributed by atoms with Crippen LogP contribution < -0.4 is 0 Å². The molecule has 0 aromatic heterocycles. The molecule has 0 spiro atoms. The highest BCUT2D eigenvalue weighted by atomic mass is 79.9. The van der Waals surface area contributed by atoms with Gasteiger partial charge in [0.15, 0.2) is 0 Å². The summed E-state index contributed by atoms with van der Waals surface area (Å²) in [5.74, 6) is -2.37. The average molecular weight is 279 g/mol. The molecule has 14 heavy (non-hydrogen) atoms. The van der Waals surface area contributed by atoms with Crippen LogP contribution in [0.2, 0.25) is 5.02 Å². The van der Waals surface area contributed by atoms with Gasteiger partial charge in [-0.05, 0) is 28.1 Å². The van der Waals surface area contributed by atoms with Gasteiger partial charge < -0.3 is 10.2 Å². The van der Waals surface area contributed by atoms with Crippen molar-refractivity contribution < 1.29 is 19.8 Å². The van der Waals surface area contributed by atoms with Gasteiger partial charge in [-0.1, -0.05) is 11.6 Å². The molecular formula is C8H4BrClO4. The number of hydrogen-bond acceptors (Lipinski definition) is 2. The summed E-state index contributed by atoms with van der Waals surface area (Å²) in [5.41, 5.74) is -0.205. The van der Waals surface area contributed by atoms with Gasteiger partial charge in [0.05, 0.1) is 16.1 Å². The molecule has 0 aliphatic carbocycles. The quantitative estimate of drug-likeness (QED) is 0.872. The van der Waals surface area contributed by atoms with E-state index in [0.29, 0.717) is 0 Å². The van der Waals surface area contributed by atoms with Crippen LogP contribution in [0.5, 0.6) is 0 Å². The lowest BCUT2D eigenvalue weighted by Crippen LogP contribution is -2.03. The van der Waals surface area contributed by atoms with Crippen LogP contribution in [-0.4, -0.2) is 22.2 Å². The number of carboxylic acids is 2. The number of halogens is 2. The van der Waals surface area contributed by atoms with Crippen molar-refractivity contribution in [2.24, 2.45) is 0 Å². The Hall–Kier alpha value is -1.07. The van der Waals surface area contributed by atoms with Crippen molar-refractivity contribution in [3.8, 4) is 0 Å². The van der Waals surface area contributed by atoms with Crippen molar-refractivity contribution in [1.82, 2.24) is 0 Å². The van der Waals surface area contributed by atoms with Gasteiger partial charge in [0.2, 0.25) is 0 Å². The minimum Gasteiger partial charge on any atom is -0.478 e. The van der Waals surface area contributed by atoms with Crippen LogP contribution in [0.25, 0.3) is 0 Å². The Balaban J connectivity index is 3.38. The molecule has 0 amide bonds. The number of carboxylic acid groups (broad SMARTS) is 2. The van der Waals surface area contributed by atoms with Crippen LogP contribution in [0.3, 0.4) is 0 Å². The number of hydrogen-bond donors (Lipinski definition) is 2. The van der Waals surface area contributed by atoms with Crippen LogP contribution in [0, 0.1) is 0 Å². The summed E-state index contributed by atoms with van der Waals surface area (Å²) < 4.78 is 0.187. The second-order valence-corrected chi connectivity index (χ2v) is 3.68. The van der Waals surface area contributed by atoms with Crippen molar-refractivity contribution >= 4 is 39.5 Å². The predicted molar refractivity (Wildman–Crippen MR) is 53.1 cm³/mol. The van der Waals surface area contributed by atoms with E-state index in [0.717, 1.165) is 12.1 Å². The normalized spacial score (nSPS) is 9.86. The molecular weight excluding hydrogens is 275 g/mol. The van der Waals surface area contributed by atoms with Gasteiger partial charge in [-0.25, -0.2) is 9.59 Å². The molecule has 0 aliphatic heterocycles. The second kappa shape index (κ2) is 3.98. The fourth-order valence-corrected chi connectivity index (χ4v) is 1.63. The van der Waals surface area contributed by atoms with Crippen molar-refractivity contribution in [3.63, 3.8) is 0 Å². The van der Waals surface area contributed by atoms with Gasteiger partial charge in [0, 0.05) is 4.47 Å². The van der Waals surface area contributed by atoms with E-state index in [1.807, 2.05) is 0 Å². The number of rotatable bonds is 2. The van der Waals surface area contributed by atoms with Crippen LogP contribution in [0.4, 0.5) is 0 Å². The highest BCUT2D eigenvalue weighted by molar-refractivity contribution is 9.10. The summed E-state index contributed by atoms with van der Waals surface area (Å²) in [7, 11) is 0. The zero-order chi connectivity index (χ0) is 10.9. The minimum absolute atomic E-state index is 0.0694. The third-order valence-corrected chi connectivity index (χ3v) is 2.49. The smallest absolute Gasteiger partial charge is 0.337 e.